The van der Waals surface area contributed by atoms with Gasteiger partial charge in [-0.25, -0.2) is 19.7 Å². The molecular weight excluding hydrogens is 587 g/mol. The summed E-state index contributed by atoms with van der Waals surface area (Å²) < 4.78 is 56.3. The van der Waals surface area contributed by atoms with E-state index in [2.05, 4.69) is 20.3 Å². The first kappa shape index (κ1) is 30.7. The third-order valence-corrected chi connectivity index (χ3v) is 7.84. The third kappa shape index (κ3) is 7.60. The molecule has 2 atom stereocenters. The van der Waals surface area contributed by atoms with E-state index in [4.69, 9.17) is 14.2 Å². The first-order valence-electron chi connectivity index (χ1n) is 13.7. The SMILES string of the molecule is Cc1cnc(-c2cc(OC3C4COCC3CN(C(=O)OC(C)(C)C)C4)cc(C(=O)NCc3cnc(C(F)(F)F)nc3)c2)s1. The van der Waals surface area contributed by atoms with Crippen molar-refractivity contribution in [2.75, 3.05) is 26.3 Å². The second-order valence-electron chi connectivity index (χ2n) is 11.6. The van der Waals surface area contributed by atoms with Gasteiger partial charge in [0.2, 0.25) is 5.82 Å². The summed E-state index contributed by atoms with van der Waals surface area (Å²) >= 11 is 1.47. The molecule has 2 aliphatic rings. The second-order valence-corrected chi connectivity index (χ2v) is 12.9. The van der Waals surface area contributed by atoms with Crippen molar-refractivity contribution < 1.29 is 37.0 Å². The van der Waals surface area contributed by atoms with Crippen LogP contribution >= 0.6 is 11.3 Å². The van der Waals surface area contributed by atoms with E-state index < -0.39 is 23.5 Å². The van der Waals surface area contributed by atoms with E-state index in [1.165, 1.54) is 11.3 Å². The van der Waals surface area contributed by atoms with Crippen LogP contribution in [-0.4, -0.2) is 69.9 Å². The van der Waals surface area contributed by atoms with Gasteiger partial charge in [-0.1, -0.05) is 0 Å². The monoisotopic (exact) mass is 619 g/mol. The van der Waals surface area contributed by atoms with Crippen molar-refractivity contribution in [2.45, 2.75) is 52.1 Å². The molecule has 1 aromatic carbocycles. The van der Waals surface area contributed by atoms with E-state index in [0.717, 1.165) is 17.3 Å². The molecule has 0 saturated carbocycles. The largest absolute Gasteiger partial charge is 0.489 e. The molecule has 2 bridgehead atoms. The molecular formula is C29H32F3N5O5S. The molecule has 2 aromatic heterocycles. The van der Waals surface area contributed by atoms with Gasteiger partial charge in [0.25, 0.3) is 5.91 Å². The minimum absolute atomic E-state index is 0.0711. The lowest BCUT2D eigenvalue weighted by atomic mass is 9.84. The Hall–Kier alpha value is -3.78. The van der Waals surface area contributed by atoms with Crippen LogP contribution in [-0.2, 0) is 22.2 Å². The molecule has 2 unspecified atom stereocenters. The fourth-order valence-corrected chi connectivity index (χ4v) is 5.76. The Morgan fingerprint density at radius 3 is 2.30 bits per heavy atom. The standard InChI is InChI=1S/C29H32F3N5O5S/c1-16-8-34-25(43-16)19-5-18(24(38)33-9-17-10-35-26(36-11-17)29(30,31)32)6-22(7-19)41-23-20-12-37(13-21(23)15-40-14-20)27(39)42-28(2,3)4/h5-8,10-11,20-21,23H,9,12-15H2,1-4H3,(H,33,38). The van der Waals surface area contributed by atoms with Crippen LogP contribution in [0.2, 0.25) is 0 Å². The fraction of sp³-hybridized carbons (Fsp3) is 0.483. The highest BCUT2D eigenvalue weighted by Crippen LogP contribution is 2.35. The van der Waals surface area contributed by atoms with E-state index in [1.807, 2.05) is 33.8 Å². The number of hydrogen-bond acceptors (Lipinski definition) is 9. The maximum Gasteiger partial charge on any atom is 0.451 e. The van der Waals surface area contributed by atoms with Gasteiger partial charge in [0.15, 0.2) is 0 Å². The Morgan fingerprint density at radius 2 is 1.72 bits per heavy atom. The van der Waals surface area contributed by atoms with Gasteiger partial charge in [0, 0.05) is 71.6 Å². The van der Waals surface area contributed by atoms with Crippen LogP contribution in [0.5, 0.6) is 5.75 Å². The first-order chi connectivity index (χ1) is 20.2. The number of carbonyl (C=O) groups is 2. The van der Waals surface area contributed by atoms with Gasteiger partial charge in [-0.05, 0) is 45.9 Å². The Labute approximate surface area is 250 Å². The molecule has 3 aromatic rings. The van der Waals surface area contributed by atoms with E-state index in [1.54, 1.807) is 23.2 Å². The van der Waals surface area contributed by atoms with Crippen LogP contribution in [0.4, 0.5) is 18.0 Å². The number of fused-ring (bicyclic) bond motifs is 2. The number of piperidine rings is 1. The van der Waals surface area contributed by atoms with E-state index in [-0.39, 0.29) is 30.6 Å². The fourth-order valence-electron chi connectivity index (χ4n) is 5.01. The minimum atomic E-state index is -4.65. The van der Waals surface area contributed by atoms with Crippen LogP contribution < -0.4 is 10.1 Å². The summed E-state index contributed by atoms with van der Waals surface area (Å²) in [6, 6.07) is 5.15. The van der Waals surface area contributed by atoms with Crippen LogP contribution in [0.25, 0.3) is 10.6 Å². The number of rotatable bonds is 6. The molecule has 43 heavy (non-hydrogen) atoms. The predicted octanol–water partition coefficient (Wildman–Crippen LogP) is 5.12. The number of aromatic nitrogens is 3. The highest BCUT2D eigenvalue weighted by Gasteiger charge is 2.44. The van der Waals surface area contributed by atoms with Crippen molar-refractivity contribution >= 4 is 23.3 Å². The number of nitrogens with zero attached hydrogens (tertiary/aromatic N) is 4. The highest BCUT2D eigenvalue weighted by molar-refractivity contribution is 7.14. The smallest absolute Gasteiger partial charge is 0.451 e. The maximum atomic E-state index is 13.2. The first-order valence-corrected chi connectivity index (χ1v) is 14.5. The van der Waals surface area contributed by atoms with E-state index in [9.17, 15) is 22.8 Å². The normalized spacial score (nSPS) is 20.4. The molecule has 10 nitrogen and oxygen atoms in total. The average Bonchev–Trinajstić information content (AvgIpc) is 3.36. The number of hydrogen-bond donors (Lipinski definition) is 1. The lowest BCUT2D eigenvalue weighted by molar-refractivity contribution is -0.145. The van der Waals surface area contributed by atoms with Crippen LogP contribution in [0.1, 0.15) is 47.4 Å². The zero-order valence-corrected chi connectivity index (χ0v) is 24.9. The summed E-state index contributed by atoms with van der Waals surface area (Å²) in [6.07, 6.45) is -1.48. The molecule has 0 radical (unpaired) electrons. The minimum Gasteiger partial charge on any atom is -0.489 e. The number of halogens is 3. The quantitative estimate of drug-likeness (QED) is 0.405. The van der Waals surface area contributed by atoms with Crippen molar-refractivity contribution in [1.29, 1.82) is 0 Å². The van der Waals surface area contributed by atoms with Crippen molar-refractivity contribution in [1.82, 2.24) is 25.2 Å². The average molecular weight is 620 g/mol. The molecule has 2 saturated heterocycles. The van der Waals surface area contributed by atoms with Crippen LogP contribution in [0.15, 0.2) is 36.8 Å². The number of thiazole rings is 1. The molecule has 0 spiro atoms. The predicted molar refractivity (Wildman–Crippen MR) is 151 cm³/mol. The topological polar surface area (TPSA) is 116 Å². The summed E-state index contributed by atoms with van der Waals surface area (Å²) in [4.78, 5) is 39.8. The molecule has 4 heterocycles. The third-order valence-electron chi connectivity index (χ3n) is 6.88. The van der Waals surface area contributed by atoms with Crippen molar-refractivity contribution in [3.63, 3.8) is 0 Å². The molecule has 230 valence electrons. The zero-order chi connectivity index (χ0) is 30.9. The Bertz CT molecular complexity index is 1460. The summed E-state index contributed by atoms with van der Waals surface area (Å²) in [5, 5.41) is 3.42. The summed E-state index contributed by atoms with van der Waals surface area (Å²) in [5.41, 5.74) is 0.683. The zero-order valence-electron chi connectivity index (χ0n) is 24.1. The summed E-state index contributed by atoms with van der Waals surface area (Å²) in [6.45, 7) is 8.97. The van der Waals surface area contributed by atoms with Gasteiger partial charge in [-0.15, -0.1) is 11.3 Å². The Morgan fingerprint density at radius 1 is 1.05 bits per heavy atom. The van der Waals surface area contributed by atoms with E-state index in [0.29, 0.717) is 53.8 Å². The van der Waals surface area contributed by atoms with Crippen molar-refractivity contribution in [3.05, 3.63) is 58.6 Å². The Kier molecular flexibility index (Phi) is 8.61. The summed E-state index contributed by atoms with van der Waals surface area (Å²) in [7, 11) is 0. The van der Waals surface area contributed by atoms with Crippen LogP contribution in [0.3, 0.4) is 0 Å². The maximum absolute atomic E-state index is 13.2. The highest BCUT2D eigenvalue weighted by atomic mass is 32.1. The second kappa shape index (κ2) is 12.1. The number of aryl methyl sites for hydroxylation is 1. The Balaban J connectivity index is 1.34. The number of benzene rings is 1. The summed E-state index contributed by atoms with van der Waals surface area (Å²) in [5.74, 6) is -1.46. The lowest BCUT2D eigenvalue weighted by Crippen LogP contribution is -2.59. The number of ether oxygens (including phenoxy) is 3. The molecule has 2 amide bonds. The lowest BCUT2D eigenvalue weighted by Gasteiger charge is -2.46. The molecule has 2 fully saturated rings. The van der Waals surface area contributed by atoms with Gasteiger partial charge in [0.05, 0.1) is 13.2 Å². The molecule has 2 aliphatic heterocycles. The van der Waals surface area contributed by atoms with E-state index >= 15 is 0 Å². The molecule has 1 N–H and O–H groups in total. The number of alkyl halides is 3. The van der Waals surface area contributed by atoms with Crippen molar-refractivity contribution in [3.8, 4) is 16.3 Å². The van der Waals surface area contributed by atoms with Gasteiger partial charge < -0.3 is 24.4 Å². The van der Waals surface area contributed by atoms with Gasteiger partial charge in [-0.2, -0.15) is 13.2 Å². The van der Waals surface area contributed by atoms with Gasteiger partial charge in [0.1, 0.15) is 22.5 Å². The number of nitrogens with one attached hydrogen (secondary N) is 1. The van der Waals surface area contributed by atoms with Crippen LogP contribution in [0, 0.1) is 18.8 Å². The number of amides is 2. The van der Waals surface area contributed by atoms with Gasteiger partial charge >= 0.3 is 12.3 Å². The molecule has 0 aliphatic carbocycles. The van der Waals surface area contributed by atoms with Gasteiger partial charge in [-0.3, -0.25) is 4.79 Å². The number of likely N-dealkylation sites (tertiary alicyclic amines) is 1. The molecule has 14 heteroatoms. The molecule has 5 rings (SSSR count). The van der Waals surface area contributed by atoms with Crippen molar-refractivity contribution in [2.24, 2.45) is 11.8 Å². The number of carbonyl (C=O) groups excluding carboxylic acids is 2.